The van der Waals surface area contributed by atoms with Crippen molar-refractivity contribution in [2.24, 2.45) is 4.99 Å². The van der Waals surface area contributed by atoms with Crippen LogP contribution in [0.3, 0.4) is 0 Å². The zero-order chi connectivity index (χ0) is 18.9. The Morgan fingerprint density at radius 3 is 2.74 bits per heavy atom. The molecule has 1 spiro atoms. The Labute approximate surface area is 163 Å². The van der Waals surface area contributed by atoms with Crippen LogP contribution in [0.1, 0.15) is 63.5 Å². The number of likely N-dealkylation sites (N-methyl/N-ethyl adjacent to an activating group) is 1. The second-order valence-electron chi connectivity index (χ2n) is 8.63. The minimum atomic E-state index is 0.00432. The van der Waals surface area contributed by atoms with Crippen LogP contribution in [0.4, 0.5) is 0 Å². The van der Waals surface area contributed by atoms with Crippen molar-refractivity contribution in [2.45, 2.75) is 75.6 Å². The first-order chi connectivity index (χ1) is 13.1. The molecule has 1 heterocycles. The van der Waals surface area contributed by atoms with E-state index in [0.717, 1.165) is 43.6 Å². The van der Waals surface area contributed by atoms with Gasteiger partial charge in [-0.25, -0.2) is 0 Å². The van der Waals surface area contributed by atoms with E-state index in [1.54, 1.807) is 0 Å². The Balaban J connectivity index is 1.43. The zero-order valence-electron chi connectivity index (χ0n) is 17.0. The van der Waals surface area contributed by atoms with Crippen molar-refractivity contribution in [3.63, 3.8) is 0 Å². The summed E-state index contributed by atoms with van der Waals surface area (Å²) in [6.07, 6.45) is 8.56. The Morgan fingerprint density at radius 2 is 2.04 bits per heavy atom. The van der Waals surface area contributed by atoms with Crippen LogP contribution in [0.15, 0.2) is 29.3 Å². The summed E-state index contributed by atoms with van der Waals surface area (Å²) >= 11 is 0. The van der Waals surface area contributed by atoms with Gasteiger partial charge in [-0.15, -0.1) is 0 Å². The van der Waals surface area contributed by atoms with Crippen LogP contribution in [0, 0.1) is 0 Å². The molecule has 2 fully saturated rings. The lowest BCUT2D eigenvalue weighted by Crippen LogP contribution is -2.49. The van der Waals surface area contributed by atoms with E-state index in [9.17, 15) is 0 Å². The van der Waals surface area contributed by atoms with Crippen molar-refractivity contribution >= 4 is 5.96 Å². The molecule has 0 saturated heterocycles. The third-order valence-electron chi connectivity index (χ3n) is 6.63. The first kappa shape index (κ1) is 18.6. The van der Waals surface area contributed by atoms with Crippen LogP contribution < -0.4 is 15.4 Å². The second kappa shape index (κ2) is 7.70. The maximum Gasteiger partial charge on any atom is 0.191 e. The van der Waals surface area contributed by atoms with Crippen molar-refractivity contribution < 1.29 is 4.74 Å². The average Bonchev–Trinajstić information content (AvgIpc) is 3.45. The van der Waals surface area contributed by atoms with Gasteiger partial charge in [0.2, 0.25) is 0 Å². The molecule has 148 valence electrons. The van der Waals surface area contributed by atoms with Crippen molar-refractivity contribution in [1.82, 2.24) is 15.5 Å². The molecule has 2 unspecified atom stereocenters. The third kappa shape index (κ3) is 4.08. The molecule has 4 rings (SSSR count). The van der Waals surface area contributed by atoms with E-state index >= 15 is 0 Å². The van der Waals surface area contributed by atoms with Gasteiger partial charge in [-0.2, -0.15) is 0 Å². The van der Waals surface area contributed by atoms with E-state index in [2.05, 4.69) is 58.8 Å². The quantitative estimate of drug-likeness (QED) is 0.615. The van der Waals surface area contributed by atoms with E-state index in [1.165, 1.54) is 31.2 Å². The summed E-state index contributed by atoms with van der Waals surface area (Å²) in [6.45, 7) is 3.19. The molecule has 1 aromatic rings. The molecule has 2 aliphatic carbocycles. The maximum absolute atomic E-state index is 6.48. The number of benzene rings is 1. The lowest BCUT2D eigenvalue weighted by Gasteiger charge is -2.40. The lowest BCUT2D eigenvalue weighted by molar-refractivity contribution is 0.0396. The number of fused-ring (bicyclic) bond motifs is 1. The van der Waals surface area contributed by atoms with E-state index in [1.807, 2.05) is 7.05 Å². The smallest absolute Gasteiger partial charge is 0.191 e. The fourth-order valence-electron chi connectivity index (χ4n) is 4.66. The summed E-state index contributed by atoms with van der Waals surface area (Å²) in [5.74, 6) is 1.93. The van der Waals surface area contributed by atoms with E-state index < -0.39 is 0 Å². The van der Waals surface area contributed by atoms with Gasteiger partial charge in [0.25, 0.3) is 0 Å². The van der Waals surface area contributed by atoms with Gasteiger partial charge in [-0.05, 0) is 58.6 Å². The summed E-state index contributed by atoms with van der Waals surface area (Å²) in [5, 5.41) is 7.24. The summed E-state index contributed by atoms with van der Waals surface area (Å²) in [4.78, 5) is 6.98. The van der Waals surface area contributed by atoms with Crippen LogP contribution >= 0.6 is 0 Å². The molecule has 2 N–H and O–H groups in total. The number of guanidine groups is 1. The second-order valence-corrected chi connectivity index (χ2v) is 8.63. The lowest BCUT2D eigenvalue weighted by atomic mass is 9.86. The Hall–Kier alpha value is -1.75. The highest BCUT2D eigenvalue weighted by Crippen LogP contribution is 2.46. The molecule has 2 saturated carbocycles. The first-order valence-corrected chi connectivity index (χ1v) is 10.6. The number of hydrogen-bond donors (Lipinski definition) is 2. The molecule has 3 aliphatic rings. The van der Waals surface area contributed by atoms with Gasteiger partial charge in [-0.3, -0.25) is 9.89 Å². The van der Waals surface area contributed by atoms with Crippen LogP contribution in [-0.4, -0.2) is 49.2 Å². The largest absolute Gasteiger partial charge is 0.487 e. The highest BCUT2D eigenvalue weighted by molar-refractivity contribution is 5.80. The van der Waals surface area contributed by atoms with Crippen LogP contribution in [0.5, 0.6) is 5.75 Å². The summed E-state index contributed by atoms with van der Waals surface area (Å²) in [5.41, 5.74) is 1.26. The van der Waals surface area contributed by atoms with Crippen molar-refractivity contribution in [3.8, 4) is 5.75 Å². The minimum absolute atomic E-state index is 0.00432. The van der Waals surface area contributed by atoms with Gasteiger partial charge in [0.1, 0.15) is 11.4 Å². The Bertz CT molecular complexity index is 679. The summed E-state index contributed by atoms with van der Waals surface area (Å²) < 4.78 is 6.48. The highest BCUT2D eigenvalue weighted by atomic mass is 16.5. The van der Waals surface area contributed by atoms with Crippen LogP contribution in [-0.2, 0) is 0 Å². The molecule has 0 radical (unpaired) electrons. The summed E-state index contributed by atoms with van der Waals surface area (Å²) in [7, 11) is 4.10. The maximum atomic E-state index is 6.48. The monoisotopic (exact) mass is 370 g/mol. The van der Waals surface area contributed by atoms with Crippen molar-refractivity contribution in [1.29, 1.82) is 0 Å². The number of aliphatic imine (C=N–C) groups is 1. The SMILES string of the molecule is CN=C(NCC(C)N(C)C1CC1)NC1CC2(CCCC2)Oc2ccccc21. The van der Waals surface area contributed by atoms with E-state index in [-0.39, 0.29) is 11.6 Å². The molecule has 27 heavy (non-hydrogen) atoms. The van der Waals surface area contributed by atoms with Crippen LogP contribution in [0.2, 0.25) is 0 Å². The number of para-hydroxylation sites is 1. The number of nitrogens with one attached hydrogen (secondary N) is 2. The standard InChI is InChI=1S/C22H34N4O/c1-16(26(3)17-10-11-17)15-24-21(23-2)25-19-14-22(12-6-7-13-22)27-20-9-5-4-8-18(19)20/h4-5,8-9,16-17,19H,6-7,10-15H2,1-3H3,(H2,23,24,25). The third-order valence-corrected chi connectivity index (χ3v) is 6.63. The molecule has 5 nitrogen and oxygen atoms in total. The van der Waals surface area contributed by atoms with Gasteiger partial charge < -0.3 is 15.4 Å². The number of hydrogen-bond acceptors (Lipinski definition) is 3. The first-order valence-electron chi connectivity index (χ1n) is 10.6. The fraction of sp³-hybridized carbons (Fsp3) is 0.682. The van der Waals surface area contributed by atoms with Gasteiger partial charge in [0, 0.05) is 37.7 Å². The molecule has 1 aromatic carbocycles. The minimum Gasteiger partial charge on any atom is -0.487 e. The van der Waals surface area contributed by atoms with Gasteiger partial charge in [0.05, 0.1) is 6.04 Å². The number of nitrogens with zero attached hydrogens (tertiary/aromatic N) is 2. The molecule has 1 aliphatic heterocycles. The Kier molecular flexibility index (Phi) is 5.31. The Morgan fingerprint density at radius 1 is 1.30 bits per heavy atom. The summed E-state index contributed by atoms with van der Waals surface area (Å²) in [6, 6.07) is 10.0. The van der Waals surface area contributed by atoms with Gasteiger partial charge in [0.15, 0.2) is 5.96 Å². The fourth-order valence-corrected chi connectivity index (χ4v) is 4.66. The molecule has 2 atom stereocenters. The molecule has 5 heteroatoms. The number of ether oxygens (including phenoxy) is 1. The number of rotatable bonds is 5. The molecular weight excluding hydrogens is 336 g/mol. The van der Waals surface area contributed by atoms with E-state index in [0.29, 0.717) is 6.04 Å². The predicted molar refractivity (Wildman–Crippen MR) is 110 cm³/mol. The van der Waals surface area contributed by atoms with Crippen molar-refractivity contribution in [3.05, 3.63) is 29.8 Å². The zero-order valence-corrected chi connectivity index (χ0v) is 17.0. The van der Waals surface area contributed by atoms with Gasteiger partial charge >= 0.3 is 0 Å². The van der Waals surface area contributed by atoms with E-state index in [4.69, 9.17) is 4.74 Å². The average molecular weight is 371 g/mol. The van der Waals surface area contributed by atoms with Crippen LogP contribution in [0.25, 0.3) is 0 Å². The topological polar surface area (TPSA) is 48.9 Å². The highest BCUT2D eigenvalue weighted by Gasteiger charge is 2.43. The molecule has 0 bridgehead atoms. The molecular formula is C22H34N4O. The molecule has 0 aromatic heterocycles. The molecule has 0 amide bonds. The van der Waals surface area contributed by atoms with Crippen molar-refractivity contribution in [2.75, 3.05) is 20.6 Å². The normalized spacial score (nSPS) is 25.2. The van der Waals surface area contributed by atoms with Gasteiger partial charge in [-0.1, -0.05) is 18.2 Å². The predicted octanol–water partition coefficient (Wildman–Crippen LogP) is 3.47.